The molecule has 0 radical (unpaired) electrons. The molecule has 1 aromatic carbocycles. The van der Waals surface area contributed by atoms with Crippen molar-refractivity contribution < 1.29 is 8.42 Å². The molecule has 2 rings (SSSR count). The quantitative estimate of drug-likeness (QED) is 0.856. The van der Waals surface area contributed by atoms with Crippen molar-refractivity contribution in [3.8, 4) is 0 Å². The standard InChI is InChI=1S/C15H23NO2S2/c1-12-7-13(2)10-16(9-12)20(17,18)15-6-4-5-14(8-15)11-19-3/h4-6,8,12-13H,7,9-11H2,1-3H3/t12-,13-/m1/s1. The Morgan fingerprint density at radius 2 is 1.90 bits per heavy atom. The molecule has 20 heavy (non-hydrogen) atoms. The third-order valence-electron chi connectivity index (χ3n) is 3.68. The van der Waals surface area contributed by atoms with E-state index in [4.69, 9.17) is 0 Å². The number of thioether (sulfide) groups is 1. The average Bonchev–Trinajstić information content (AvgIpc) is 2.38. The van der Waals surface area contributed by atoms with Gasteiger partial charge in [0.25, 0.3) is 0 Å². The zero-order valence-electron chi connectivity index (χ0n) is 12.4. The van der Waals surface area contributed by atoms with Crippen molar-refractivity contribution >= 4 is 21.8 Å². The lowest BCUT2D eigenvalue weighted by Gasteiger charge is -2.34. The highest BCUT2D eigenvalue weighted by Gasteiger charge is 2.31. The van der Waals surface area contributed by atoms with Crippen LogP contribution in [0.4, 0.5) is 0 Å². The zero-order chi connectivity index (χ0) is 14.8. The summed E-state index contributed by atoms with van der Waals surface area (Å²) in [7, 11) is -3.34. The van der Waals surface area contributed by atoms with Crippen molar-refractivity contribution in [1.29, 1.82) is 0 Å². The maximum Gasteiger partial charge on any atom is 0.243 e. The smallest absolute Gasteiger partial charge is 0.207 e. The summed E-state index contributed by atoms with van der Waals surface area (Å²) in [5.41, 5.74) is 1.07. The Bertz CT molecular complexity index is 547. The molecule has 1 aliphatic rings. The summed E-state index contributed by atoms with van der Waals surface area (Å²) in [5, 5.41) is 0. The number of rotatable bonds is 4. The van der Waals surface area contributed by atoms with Gasteiger partial charge in [-0.05, 0) is 42.2 Å². The summed E-state index contributed by atoms with van der Waals surface area (Å²) in [6.07, 6.45) is 3.13. The molecule has 3 nitrogen and oxygen atoms in total. The van der Waals surface area contributed by atoms with Crippen molar-refractivity contribution in [3.63, 3.8) is 0 Å². The van der Waals surface area contributed by atoms with E-state index in [2.05, 4.69) is 13.8 Å². The lowest BCUT2D eigenvalue weighted by Crippen LogP contribution is -2.42. The topological polar surface area (TPSA) is 37.4 Å². The van der Waals surface area contributed by atoms with E-state index >= 15 is 0 Å². The zero-order valence-corrected chi connectivity index (χ0v) is 14.0. The lowest BCUT2D eigenvalue weighted by molar-refractivity contribution is 0.222. The Kier molecular flexibility index (Phi) is 5.15. The van der Waals surface area contributed by atoms with Crippen LogP contribution >= 0.6 is 11.8 Å². The van der Waals surface area contributed by atoms with Crippen molar-refractivity contribution in [2.24, 2.45) is 11.8 Å². The summed E-state index contributed by atoms with van der Waals surface area (Å²) >= 11 is 1.70. The summed E-state index contributed by atoms with van der Waals surface area (Å²) in [5.74, 6) is 1.71. The van der Waals surface area contributed by atoms with Gasteiger partial charge in [0, 0.05) is 18.8 Å². The molecular weight excluding hydrogens is 290 g/mol. The second-order valence-corrected chi connectivity index (χ2v) is 8.65. The van der Waals surface area contributed by atoms with Crippen LogP contribution in [0.3, 0.4) is 0 Å². The van der Waals surface area contributed by atoms with E-state index in [0.717, 1.165) is 17.7 Å². The first kappa shape index (κ1) is 15.9. The van der Waals surface area contributed by atoms with Crippen LogP contribution in [0, 0.1) is 11.8 Å². The maximum absolute atomic E-state index is 12.8. The number of nitrogens with zero attached hydrogens (tertiary/aromatic N) is 1. The summed E-state index contributed by atoms with van der Waals surface area (Å²) in [6, 6.07) is 7.35. The van der Waals surface area contributed by atoms with Gasteiger partial charge in [-0.25, -0.2) is 8.42 Å². The minimum Gasteiger partial charge on any atom is -0.207 e. The third kappa shape index (κ3) is 3.57. The Labute approximate surface area is 126 Å². The molecule has 1 aromatic rings. The molecule has 112 valence electrons. The molecule has 0 spiro atoms. The van der Waals surface area contributed by atoms with Crippen molar-refractivity contribution in [2.45, 2.75) is 30.9 Å². The van der Waals surface area contributed by atoms with Gasteiger partial charge in [0.1, 0.15) is 0 Å². The van der Waals surface area contributed by atoms with Crippen LogP contribution in [0.5, 0.6) is 0 Å². The molecule has 1 aliphatic heterocycles. The van der Waals surface area contributed by atoms with Crippen LogP contribution in [0.25, 0.3) is 0 Å². The summed E-state index contributed by atoms with van der Waals surface area (Å²) in [4.78, 5) is 0.436. The first-order valence-electron chi connectivity index (χ1n) is 7.01. The molecule has 0 aromatic heterocycles. The van der Waals surface area contributed by atoms with Gasteiger partial charge in [-0.3, -0.25) is 0 Å². The number of sulfonamides is 1. The minimum absolute atomic E-state index is 0.433. The first-order valence-corrected chi connectivity index (χ1v) is 9.85. The van der Waals surface area contributed by atoms with Gasteiger partial charge in [0.05, 0.1) is 4.90 Å². The van der Waals surface area contributed by atoms with Crippen LogP contribution in [-0.2, 0) is 15.8 Å². The number of piperidine rings is 1. The highest BCUT2D eigenvalue weighted by Crippen LogP contribution is 2.27. The fraction of sp³-hybridized carbons (Fsp3) is 0.600. The van der Waals surface area contributed by atoms with E-state index in [1.54, 1.807) is 22.1 Å². The molecule has 1 saturated heterocycles. The monoisotopic (exact) mass is 313 g/mol. The van der Waals surface area contributed by atoms with E-state index in [1.807, 2.05) is 24.5 Å². The molecule has 0 saturated carbocycles. The molecule has 0 bridgehead atoms. The van der Waals surface area contributed by atoms with E-state index < -0.39 is 10.0 Å². The van der Waals surface area contributed by atoms with Crippen LogP contribution in [0.15, 0.2) is 29.2 Å². The van der Waals surface area contributed by atoms with Gasteiger partial charge in [0.15, 0.2) is 0 Å². The fourth-order valence-corrected chi connectivity index (χ4v) is 5.18. The van der Waals surface area contributed by atoms with Crippen molar-refractivity contribution in [1.82, 2.24) is 4.31 Å². The van der Waals surface area contributed by atoms with E-state index in [-0.39, 0.29) is 0 Å². The minimum atomic E-state index is -3.34. The summed E-state index contributed by atoms with van der Waals surface area (Å²) in [6.45, 7) is 5.53. The Morgan fingerprint density at radius 3 is 2.50 bits per heavy atom. The molecule has 0 aliphatic carbocycles. The van der Waals surface area contributed by atoms with Crippen molar-refractivity contribution in [2.75, 3.05) is 19.3 Å². The Balaban J connectivity index is 2.27. The number of hydrogen-bond acceptors (Lipinski definition) is 3. The first-order chi connectivity index (χ1) is 9.43. The van der Waals surface area contributed by atoms with E-state index in [1.165, 1.54) is 0 Å². The van der Waals surface area contributed by atoms with Crippen LogP contribution in [-0.4, -0.2) is 32.1 Å². The molecule has 0 N–H and O–H groups in total. The Morgan fingerprint density at radius 1 is 1.25 bits per heavy atom. The van der Waals surface area contributed by atoms with Gasteiger partial charge in [-0.2, -0.15) is 16.1 Å². The number of hydrogen-bond donors (Lipinski definition) is 0. The molecule has 5 heteroatoms. The predicted molar refractivity (Wildman–Crippen MR) is 85.4 cm³/mol. The normalized spacial score (nSPS) is 24.8. The van der Waals surface area contributed by atoms with Crippen LogP contribution < -0.4 is 0 Å². The van der Waals surface area contributed by atoms with Gasteiger partial charge in [0.2, 0.25) is 10.0 Å². The largest absolute Gasteiger partial charge is 0.243 e. The highest BCUT2D eigenvalue weighted by atomic mass is 32.2. The molecule has 0 unspecified atom stereocenters. The van der Waals surface area contributed by atoms with Gasteiger partial charge in [-0.15, -0.1) is 0 Å². The van der Waals surface area contributed by atoms with Crippen LogP contribution in [0.2, 0.25) is 0 Å². The Hall–Kier alpha value is -0.520. The third-order valence-corrected chi connectivity index (χ3v) is 6.13. The molecule has 1 heterocycles. The van der Waals surface area contributed by atoms with Crippen LogP contribution in [0.1, 0.15) is 25.8 Å². The summed E-state index contributed by atoms with van der Waals surface area (Å²) < 4.78 is 27.2. The SMILES string of the molecule is CSCc1cccc(S(=O)(=O)N2C[C@H](C)C[C@@H](C)C2)c1. The van der Waals surface area contributed by atoms with Gasteiger partial charge >= 0.3 is 0 Å². The van der Waals surface area contributed by atoms with E-state index in [9.17, 15) is 8.42 Å². The average molecular weight is 313 g/mol. The number of benzene rings is 1. The lowest BCUT2D eigenvalue weighted by atomic mass is 9.94. The predicted octanol–water partition coefficient (Wildman–Crippen LogP) is 3.22. The molecular formula is C15H23NO2S2. The fourth-order valence-electron chi connectivity index (χ4n) is 2.91. The van der Waals surface area contributed by atoms with Gasteiger partial charge < -0.3 is 0 Å². The maximum atomic E-state index is 12.8. The van der Waals surface area contributed by atoms with Crippen molar-refractivity contribution in [3.05, 3.63) is 29.8 Å². The second-order valence-electron chi connectivity index (χ2n) is 5.85. The molecule has 2 atom stereocenters. The molecule has 0 amide bonds. The highest BCUT2D eigenvalue weighted by molar-refractivity contribution is 7.97. The molecule has 1 fully saturated rings. The second kappa shape index (κ2) is 6.50. The van der Waals surface area contributed by atoms with E-state index in [0.29, 0.717) is 29.8 Å². The van der Waals surface area contributed by atoms with Gasteiger partial charge in [-0.1, -0.05) is 26.0 Å².